The molecule has 0 saturated heterocycles. The van der Waals surface area contributed by atoms with E-state index < -0.39 is 12.1 Å². The molecule has 1 unspecified atom stereocenters. The number of aliphatic hydroxyl groups excluding tert-OH is 1. The third kappa shape index (κ3) is 4.33. The molecule has 1 aromatic rings. The molecule has 4 N–H and O–H groups in total. The number of aliphatic carboxylic acids is 1. The Hall–Kier alpha value is -1.75. The lowest BCUT2D eigenvalue weighted by atomic mass is 10.2. The average Bonchev–Trinajstić information content (AvgIpc) is 2.16. The summed E-state index contributed by atoms with van der Waals surface area (Å²) in [6.07, 6.45) is -1.21. The van der Waals surface area contributed by atoms with Gasteiger partial charge in [0.15, 0.2) is 0 Å². The molecule has 0 aliphatic heterocycles. The summed E-state index contributed by atoms with van der Waals surface area (Å²) < 4.78 is 0. The summed E-state index contributed by atoms with van der Waals surface area (Å²) in [6.45, 7) is 0.164. The monoisotopic (exact) mass is 211 g/mol. The standard InChI is InChI=1S/C10H13NO4/c12-8-3-1-7(2-4-8)11-6-9(13)5-10(14)15/h1-4,9,11-13H,5-6H2,(H,14,15). The second kappa shape index (κ2) is 5.21. The highest BCUT2D eigenvalue weighted by molar-refractivity contribution is 5.67. The van der Waals surface area contributed by atoms with Crippen molar-refractivity contribution in [3.05, 3.63) is 24.3 Å². The minimum Gasteiger partial charge on any atom is -0.508 e. The normalized spacial score (nSPS) is 12.1. The number of aromatic hydroxyl groups is 1. The second-order valence-corrected chi connectivity index (χ2v) is 3.18. The van der Waals surface area contributed by atoms with E-state index in [9.17, 15) is 9.90 Å². The summed E-state index contributed by atoms with van der Waals surface area (Å²) in [5.74, 6) is -0.873. The van der Waals surface area contributed by atoms with Gasteiger partial charge in [0.25, 0.3) is 0 Å². The number of rotatable bonds is 5. The Balaban J connectivity index is 2.36. The number of phenolic OH excluding ortho intramolecular Hbond substituents is 1. The van der Waals surface area contributed by atoms with Crippen LogP contribution < -0.4 is 5.32 Å². The molecule has 0 aromatic heterocycles. The Morgan fingerprint density at radius 3 is 2.47 bits per heavy atom. The van der Waals surface area contributed by atoms with Gasteiger partial charge in [0.05, 0.1) is 12.5 Å². The number of carbonyl (C=O) groups is 1. The summed E-state index contributed by atoms with van der Waals surface area (Å²) >= 11 is 0. The van der Waals surface area contributed by atoms with Crippen molar-refractivity contribution in [3.63, 3.8) is 0 Å². The summed E-state index contributed by atoms with van der Waals surface area (Å²) in [4.78, 5) is 10.2. The first-order valence-electron chi connectivity index (χ1n) is 4.50. The van der Waals surface area contributed by atoms with E-state index in [1.54, 1.807) is 12.1 Å². The molecule has 0 amide bonds. The van der Waals surface area contributed by atoms with E-state index in [0.717, 1.165) is 5.69 Å². The topological polar surface area (TPSA) is 89.8 Å². The Labute approximate surface area is 87.0 Å². The van der Waals surface area contributed by atoms with E-state index in [0.29, 0.717) is 0 Å². The number of benzene rings is 1. The van der Waals surface area contributed by atoms with Crippen LogP contribution in [0.4, 0.5) is 5.69 Å². The van der Waals surface area contributed by atoms with Gasteiger partial charge in [-0.05, 0) is 24.3 Å². The van der Waals surface area contributed by atoms with E-state index in [-0.39, 0.29) is 18.7 Å². The van der Waals surface area contributed by atoms with Gasteiger partial charge in [0.1, 0.15) is 5.75 Å². The van der Waals surface area contributed by atoms with Crippen LogP contribution >= 0.6 is 0 Å². The van der Waals surface area contributed by atoms with Gasteiger partial charge in [-0.2, -0.15) is 0 Å². The van der Waals surface area contributed by atoms with Gasteiger partial charge in [-0.1, -0.05) is 0 Å². The molecule has 0 aliphatic rings. The van der Waals surface area contributed by atoms with Crippen molar-refractivity contribution in [2.75, 3.05) is 11.9 Å². The molecular formula is C10H13NO4. The first kappa shape index (κ1) is 11.3. The third-order valence-electron chi connectivity index (χ3n) is 1.82. The van der Waals surface area contributed by atoms with Crippen molar-refractivity contribution in [3.8, 4) is 5.75 Å². The van der Waals surface area contributed by atoms with Crippen LogP contribution in [0, 0.1) is 0 Å². The van der Waals surface area contributed by atoms with Crippen molar-refractivity contribution in [2.24, 2.45) is 0 Å². The van der Waals surface area contributed by atoms with Crippen LogP contribution in [0.5, 0.6) is 5.75 Å². The molecule has 0 radical (unpaired) electrons. The number of hydrogen-bond acceptors (Lipinski definition) is 4. The number of carboxylic acids is 1. The van der Waals surface area contributed by atoms with Crippen molar-refractivity contribution in [1.29, 1.82) is 0 Å². The molecule has 82 valence electrons. The van der Waals surface area contributed by atoms with Gasteiger partial charge >= 0.3 is 5.97 Å². The van der Waals surface area contributed by atoms with Crippen LogP contribution in [-0.4, -0.2) is 33.9 Å². The van der Waals surface area contributed by atoms with E-state index in [1.807, 2.05) is 0 Å². The van der Waals surface area contributed by atoms with E-state index >= 15 is 0 Å². The molecule has 0 fully saturated rings. The van der Waals surface area contributed by atoms with Gasteiger partial charge in [-0.25, -0.2) is 0 Å². The minimum atomic E-state index is -1.03. The molecule has 0 aliphatic carbocycles. The van der Waals surface area contributed by atoms with Crippen molar-refractivity contribution in [1.82, 2.24) is 0 Å². The molecule has 1 atom stereocenters. The highest BCUT2D eigenvalue weighted by Gasteiger charge is 2.08. The van der Waals surface area contributed by atoms with Crippen LogP contribution in [0.2, 0.25) is 0 Å². The van der Waals surface area contributed by atoms with Crippen molar-refractivity contribution >= 4 is 11.7 Å². The lowest BCUT2D eigenvalue weighted by Gasteiger charge is -2.10. The third-order valence-corrected chi connectivity index (χ3v) is 1.82. The number of nitrogens with one attached hydrogen (secondary N) is 1. The molecule has 1 aromatic carbocycles. The Morgan fingerprint density at radius 2 is 1.93 bits per heavy atom. The zero-order chi connectivity index (χ0) is 11.3. The molecule has 0 bridgehead atoms. The summed E-state index contributed by atoms with van der Waals surface area (Å²) in [5, 5.41) is 29.5. The zero-order valence-corrected chi connectivity index (χ0v) is 8.05. The summed E-state index contributed by atoms with van der Waals surface area (Å²) in [6, 6.07) is 6.30. The minimum absolute atomic E-state index is 0.159. The van der Waals surface area contributed by atoms with E-state index in [1.165, 1.54) is 12.1 Å². The Kier molecular flexibility index (Phi) is 3.93. The van der Waals surface area contributed by atoms with Crippen LogP contribution in [0.3, 0.4) is 0 Å². The predicted molar refractivity (Wildman–Crippen MR) is 54.9 cm³/mol. The number of anilines is 1. The maximum absolute atomic E-state index is 10.2. The smallest absolute Gasteiger partial charge is 0.306 e. The number of phenols is 1. The first-order chi connectivity index (χ1) is 7.08. The fourth-order valence-electron chi connectivity index (χ4n) is 1.09. The van der Waals surface area contributed by atoms with Gasteiger partial charge in [0, 0.05) is 12.2 Å². The summed E-state index contributed by atoms with van der Waals surface area (Å²) in [7, 11) is 0. The molecule has 0 spiro atoms. The van der Waals surface area contributed by atoms with Crippen molar-refractivity contribution in [2.45, 2.75) is 12.5 Å². The quantitative estimate of drug-likeness (QED) is 0.537. The SMILES string of the molecule is O=C(O)CC(O)CNc1ccc(O)cc1. The van der Waals surface area contributed by atoms with E-state index in [4.69, 9.17) is 10.2 Å². The van der Waals surface area contributed by atoms with Crippen LogP contribution in [0.25, 0.3) is 0 Å². The zero-order valence-electron chi connectivity index (χ0n) is 8.05. The number of carboxylic acid groups (broad SMARTS) is 1. The van der Waals surface area contributed by atoms with Crippen molar-refractivity contribution < 1.29 is 20.1 Å². The number of hydrogen-bond donors (Lipinski definition) is 4. The summed E-state index contributed by atoms with van der Waals surface area (Å²) in [5.41, 5.74) is 0.720. The Bertz CT molecular complexity index is 323. The largest absolute Gasteiger partial charge is 0.508 e. The molecule has 5 nitrogen and oxygen atoms in total. The first-order valence-corrected chi connectivity index (χ1v) is 4.50. The molecule has 0 heterocycles. The van der Waals surface area contributed by atoms with Gasteiger partial charge in [0.2, 0.25) is 0 Å². The molecule has 1 rings (SSSR count). The predicted octanol–water partition coefficient (Wildman–Crippen LogP) is 0.640. The Morgan fingerprint density at radius 1 is 1.33 bits per heavy atom. The van der Waals surface area contributed by atoms with Crippen LogP contribution in [0.1, 0.15) is 6.42 Å². The number of aliphatic hydroxyl groups is 1. The molecule has 5 heteroatoms. The lowest BCUT2D eigenvalue weighted by Crippen LogP contribution is -2.22. The fraction of sp³-hybridized carbons (Fsp3) is 0.300. The second-order valence-electron chi connectivity index (χ2n) is 3.18. The maximum Gasteiger partial charge on any atom is 0.306 e. The van der Waals surface area contributed by atoms with Gasteiger partial charge in [-0.3, -0.25) is 4.79 Å². The van der Waals surface area contributed by atoms with Crippen LogP contribution in [-0.2, 0) is 4.79 Å². The fourth-order valence-corrected chi connectivity index (χ4v) is 1.09. The van der Waals surface area contributed by atoms with Crippen LogP contribution in [0.15, 0.2) is 24.3 Å². The average molecular weight is 211 g/mol. The lowest BCUT2D eigenvalue weighted by molar-refractivity contribution is -0.138. The maximum atomic E-state index is 10.2. The van der Waals surface area contributed by atoms with Gasteiger partial charge in [-0.15, -0.1) is 0 Å². The van der Waals surface area contributed by atoms with Gasteiger partial charge < -0.3 is 20.6 Å². The molecular weight excluding hydrogens is 198 g/mol. The highest BCUT2D eigenvalue weighted by atomic mass is 16.4. The highest BCUT2D eigenvalue weighted by Crippen LogP contribution is 2.13. The molecule has 15 heavy (non-hydrogen) atoms. The molecule has 0 saturated carbocycles. The van der Waals surface area contributed by atoms with E-state index in [2.05, 4.69) is 5.32 Å².